The van der Waals surface area contributed by atoms with E-state index in [1.165, 1.54) is 11.8 Å². The zero-order chi connectivity index (χ0) is 15.5. The number of ether oxygens (including phenoxy) is 1. The van der Waals surface area contributed by atoms with Gasteiger partial charge in [-0.25, -0.2) is 0 Å². The van der Waals surface area contributed by atoms with Crippen LogP contribution in [0.15, 0.2) is 30.7 Å². The average Bonchev–Trinajstić information content (AvgIpc) is 2.93. The van der Waals surface area contributed by atoms with Crippen molar-refractivity contribution < 1.29 is 9.53 Å². The number of morpholine rings is 1. The molecule has 1 aliphatic rings. The molecule has 22 heavy (non-hydrogen) atoms. The molecule has 3 heterocycles. The summed E-state index contributed by atoms with van der Waals surface area (Å²) in [7, 11) is 1.91. The van der Waals surface area contributed by atoms with Gasteiger partial charge in [-0.15, -0.1) is 0 Å². The van der Waals surface area contributed by atoms with Crippen molar-refractivity contribution in [3.8, 4) is 0 Å². The third kappa shape index (κ3) is 3.32. The number of hydrogen-bond acceptors (Lipinski definition) is 5. The second kappa shape index (κ2) is 6.25. The van der Waals surface area contributed by atoms with E-state index >= 15 is 0 Å². The Kier molecular flexibility index (Phi) is 4.17. The molecule has 3 rings (SSSR count). The van der Waals surface area contributed by atoms with Gasteiger partial charge in [-0.3, -0.25) is 19.4 Å². The predicted octanol–water partition coefficient (Wildman–Crippen LogP) is 0.487. The second-order valence-corrected chi connectivity index (χ2v) is 5.45. The van der Waals surface area contributed by atoms with E-state index < -0.39 is 5.91 Å². The van der Waals surface area contributed by atoms with Gasteiger partial charge in [-0.1, -0.05) is 0 Å². The van der Waals surface area contributed by atoms with Crippen LogP contribution in [0.4, 0.5) is 0 Å². The Bertz CT molecular complexity index is 652. The van der Waals surface area contributed by atoms with E-state index in [0.29, 0.717) is 12.2 Å². The molecule has 1 atom stereocenters. The molecule has 0 spiro atoms. The first-order valence-corrected chi connectivity index (χ1v) is 7.19. The van der Waals surface area contributed by atoms with Gasteiger partial charge in [-0.2, -0.15) is 5.10 Å². The molecule has 1 fully saturated rings. The molecule has 1 amide bonds. The van der Waals surface area contributed by atoms with Gasteiger partial charge in [-0.05, 0) is 12.1 Å². The number of rotatable bonds is 4. The summed E-state index contributed by atoms with van der Waals surface area (Å²) in [6, 6.07) is 3.49. The fraction of sp³-hybridized carbons (Fsp3) is 0.400. The normalized spacial score (nSPS) is 19.2. The van der Waals surface area contributed by atoms with Gasteiger partial charge in [0.15, 0.2) is 0 Å². The first-order chi connectivity index (χ1) is 10.6. The Morgan fingerprint density at radius 2 is 2.32 bits per heavy atom. The molecular formula is C15H19N5O2. The quantitative estimate of drug-likeness (QED) is 0.888. The summed E-state index contributed by atoms with van der Waals surface area (Å²) in [4.78, 5) is 17.7. The van der Waals surface area contributed by atoms with E-state index in [9.17, 15) is 4.79 Å². The van der Waals surface area contributed by atoms with Gasteiger partial charge in [0.05, 0.1) is 24.1 Å². The van der Waals surface area contributed by atoms with Crippen molar-refractivity contribution in [3.05, 3.63) is 47.5 Å². The first kappa shape index (κ1) is 14.7. The van der Waals surface area contributed by atoms with Crippen LogP contribution in [0.5, 0.6) is 0 Å². The lowest BCUT2D eigenvalue weighted by atomic mass is 10.1. The molecule has 0 unspecified atom stereocenters. The number of carbonyl (C=O) groups is 1. The van der Waals surface area contributed by atoms with Crippen molar-refractivity contribution in [1.29, 1.82) is 0 Å². The summed E-state index contributed by atoms with van der Waals surface area (Å²) in [6.45, 7) is 3.14. The van der Waals surface area contributed by atoms with Crippen molar-refractivity contribution in [1.82, 2.24) is 19.7 Å². The van der Waals surface area contributed by atoms with Crippen molar-refractivity contribution in [2.45, 2.75) is 12.6 Å². The molecule has 0 radical (unpaired) electrons. The third-order valence-electron chi connectivity index (χ3n) is 3.72. The van der Waals surface area contributed by atoms with E-state index in [-0.39, 0.29) is 6.10 Å². The summed E-state index contributed by atoms with van der Waals surface area (Å²) in [5.41, 5.74) is 7.64. The number of amides is 1. The number of primary amides is 1. The van der Waals surface area contributed by atoms with Crippen LogP contribution >= 0.6 is 0 Å². The highest BCUT2D eigenvalue weighted by molar-refractivity contribution is 5.92. The Hall–Kier alpha value is -2.25. The Morgan fingerprint density at radius 3 is 2.95 bits per heavy atom. The highest BCUT2D eigenvalue weighted by atomic mass is 16.5. The summed E-state index contributed by atoms with van der Waals surface area (Å²) in [5.74, 6) is -0.471. The minimum atomic E-state index is -0.471. The molecular weight excluding hydrogens is 282 g/mol. The molecule has 7 heteroatoms. The standard InChI is InChI=1S/C15H19N5O2/c1-19-8-11(6-18-19)9-20-4-5-22-14(10-20)13-3-2-12(7-17-13)15(16)21/h2-3,6-8,14H,4-5,9-10H2,1H3,(H2,16,21)/t14-/m0/s1. The first-order valence-electron chi connectivity index (χ1n) is 7.19. The molecule has 0 aliphatic carbocycles. The SMILES string of the molecule is Cn1cc(CN2CCO[C@H](c3ccc(C(N)=O)cn3)C2)cn1. The fourth-order valence-electron chi connectivity index (χ4n) is 2.58. The van der Waals surface area contributed by atoms with Crippen LogP contribution in [0, 0.1) is 0 Å². The zero-order valence-corrected chi connectivity index (χ0v) is 12.5. The van der Waals surface area contributed by atoms with Crippen LogP contribution in [-0.2, 0) is 18.3 Å². The molecule has 7 nitrogen and oxygen atoms in total. The van der Waals surface area contributed by atoms with Gasteiger partial charge < -0.3 is 10.5 Å². The number of aryl methyl sites for hydroxylation is 1. The van der Waals surface area contributed by atoms with Gasteiger partial charge in [0.1, 0.15) is 6.10 Å². The molecule has 116 valence electrons. The third-order valence-corrected chi connectivity index (χ3v) is 3.72. The highest BCUT2D eigenvalue weighted by Crippen LogP contribution is 2.21. The number of nitrogens with two attached hydrogens (primary N) is 1. The molecule has 0 aromatic carbocycles. The van der Waals surface area contributed by atoms with Crippen LogP contribution in [0.25, 0.3) is 0 Å². The van der Waals surface area contributed by atoms with Crippen LogP contribution < -0.4 is 5.73 Å². The van der Waals surface area contributed by atoms with Crippen LogP contribution in [0.1, 0.15) is 27.7 Å². The minimum absolute atomic E-state index is 0.0904. The fourth-order valence-corrected chi connectivity index (χ4v) is 2.58. The van der Waals surface area contributed by atoms with Crippen LogP contribution in [-0.4, -0.2) is 45.3 Å². The van der Waals surface area contributed by atoms with Crippen molar-refractivity contribution in [2.75, 3.05) is 19.7 Å². The maximum atomic E-state index is 11.1. The number of hydrogen-bond donors (Lipinski definition) is 1. The second-order valence-electron chi connectivity index (χ2n) is 5.45. The molecule has 1 saturated heterocycles. The predicted molar refractivity (Wildman–Crippen MR) is 79.9 cm³/mol. The van der Waals surface area contributed by atoms with E-state index in [1.54, 1.807) is 16.8 Å². The lowest BCUT2D eigenvalue weighted by Crippen LogP contribution is -2.38. The summed E-state index contributed by atoms with van der Waals surface area (Å²) in [6.07, 6.45) is 5.31. The maximum Gasteiger partial charge on any atom is 0.250 e. The zero-order valence-electron chi connectivity index (χ0n) is 12.5. The van der Waals surface area contributed by atoms with Gasteiger partial charge >= 0.3 is 0 Å². The number of pyridine rings is 1. The molecule has 2 N–H and O–H groups in total. The average molecular weight is 301 g/mol. The molecule has 2 aromatic rings. The van der Waals surface area contributed by atoms with E-state index in [0.717, 1.165) is 25.3 Å². The summed E-state index contributed by atoms with van der Waals surface area (Å²) in [5, 5.41) is 4.19. The Labute approximate surface area is 128 Å². The maximum absolute atomic E-state index is 11.1. The summed E-state index contributed by atoms with van der Waals surface area (Å²) >= 11 is 0. The Morgan fingerprint density at radius 1 is 1.45 bits per heavy atom. The number of carbonyl (C=O) groups excluding carboxylic acids is 1. The Balaban J connectivity index is 1.66. The number of aromatic nitrogens is 3. The highest BCUT2D eigenvalue weighted by Gasteiger charge is 2.23. The van der Waals surface area contributed by atoms with E-state index in [4.69, 9.17) is 10.5 Å². The number of nitrogens with zero attached hydrogens (tertiary/aromatic N) is 4. The van der Waals surface area contributed by atoms with Crippen LogP contribution in [0.3, 0.4) is 0 Å². The monoisotopic (exact) mass is 301 g/mol. The van der Waals surface area contributed by atoms with Crippen molar-refractivity contribution in [2.24, 2.45) is 12.8 Å². The minimum Gasteiger partial charge on any atom is -0.369 e. The smallest absolute Gasteiger partial charge is 0.250 e. The molecule has 0 saturated carbocycles. The van der Waals surface area contributed by atoms with Gasteiger partial charge in [0, 0.05) is 44.6 Å². The van der Waals surface area contributed by atoms with E-state index in [2.05, 4.69) is 15.0 Å². The lowest BCUT2D eigenvalue weighted by molar-refractivity contribution is -0.0350. The topological polar surface area (TPSA) is 86.3 Å². The van der Waals surface area contributed by atoms with Gasteiger partial charge in [0.25, 0.3) is 0 Å². The van der Waals surface area contributed by atoms with Gasteiger partial charge in [0.2, 0.25) is 5.91 Å². The summed E-state index contributed by atoms with van der Waals surface area (Å²) < 4.78 is 7.60. The largest absolute Gasteiger partial charge is 0.369 e. The van der Waals surface area contributed by atoms with E-state index in [1.807, 2.05) is 19.4 Å². The molecule has 1 aliphatic heterocycles. The molecule has 2 aromatic heterocycles. The lowest BCUT2D eigenvalue weighted by Gasteiger charge is -2.32. The molecule has 0 bridgehead atoms. The van der Waals surface area contributed by atoms with Crippen molar-refractivity contribution in [3.63, 3.8) is 0 Å². The van der Waals surface area contributed by atoms with Crippen LogP contribution in [0.2, 0.25) is 0 Å². The van der Waals surface area contributed by atoms with Crippen molar-refractivity contribution >= 4 is 5.91 Å².